The Morgan fingerprint density at radius 1 is 1.11 bits per heavy atom. The maximum Gasteiger partial charge on any atom is 0.187 e. The highest BCUT2D eigenvalue weighted by molar-refractivity contribution is 14.1. The normalized spacial score (nSPS) is 17.5. The molecular weight excluding hydrogens is 727 g/mol. The van der Waals surface area contributed by atoms with Gasteiger partial charge in [-0.15, -0.1) is 11.3 Å². The fraction of sp³-hybridized carbons (Fsp3) is 0.200. The van der Waals surface area contributed by atoms with Gasteiger partial charge in [-0.1, -0.05) is 25.9 Å². The Hall–Kier alpha value is -0.0531. The second-order valence-electron chi connectivity index (χ2n) is 6.77. The van der Waals surface area contributed by atoms with Crippen LogP contribution >= 0.6 is 79.1 Å². The Kier molecular flexibility index (Phi) is 5.97. The van der Waals surface area contributed by atoms with E-state index in [1.165, 1.54) is 6.45 Å². The molecule has 2 aliphatic rings. The van der Waals surface area contributed by atoms with Crippen molar-refractivity contribution in [2.45, 2.75) is 25.9 Å². The lowest BCUT2D eigenvalue weighted by Crippen LogP contribution is -2.54. The molecule has 4 rings (SSSR count). The maximum atomic E-state index is 13.2. The Morgan fingerprint density at radius 2 is 1.82 bits per heavy atom. The molecule has 0 atom stereocenters. The number of nitrogens with zero attached hydrogens (tertiary/aromatic N) is 1. The predicted molar refractivity (Wildman–Crippen MR) is 145 cm³/mol. The number of hydrogen-bond acceptors (Lipinski definition) is 4. The van der Waals surface area contributed by atoms with Crippen LogP contribution < -0.4 is 5.19 Å². The van der Waals surface area contributed by atoms with Crippen LogP contribution in [-0.4, -0.2) is 24.7 Å². The van der Waals surface area contributed by atoms with Crippen molar-refractivity contribution in [3.63, 3.8) is 0 Å². The van der Waals surface area contributed by atoms with E-state index in [0.717, 1.165) is 47.9 Å². The van der Waals surface area contributed by atoms with E-state index in [1.54, 1.807) is 23.5 Å². The van der Waals surface area contributed by atoms with Crippen molar-refractivity contribution in [3.05, 3.63) is 50.4 Å². The number of rotatable bonds is 3. The topological polar surface area (TPSA) is 49.7 Å². The number of halogens is 3. The SMILES string of the molecule is CC[Si]1(CC)C2=C(c3sc(I)c(I)c3I)C(=O)C=CC2=Nc2ccc(O)cc21. The Bertz CT molecular complexity index is 1110. The first-order chi connectivity index (χ1) is 13.3. The minimum Gasteiger partial charge on any atom is -0.508 e. The van der Waals surface area contributed by atoms with Crippen LogP contribution in [0, 0.1) is 10.0 Å². The molecule has 1 aliphatic carbocycles. The molecule has 0 unspecified atom stereocenters. The highest BCUT2D eigenvalue weighted by Gasteiger charge is 2.46. The fourth-order valence-electron chi connectivity index (χ4n) is 4.16. The van der Waals surface area contributed by atoms with Crippen molar-refractivity contribution in [1.82, 2.24) is 0 Å². The second kappa shape index (κ2) is 7.89. The van der Waals surface area contributed by atoms with Gasteiger partial charge in [0.25, 0.3) is 0 Å². The van der Waals surface area contributed by atoms with E-state index in [9.17, 15) is 9.90 Å². The number of aliphatic imine (C=N–C) groups is 1. The summed E-state index contributed by atoms with van der Waals surface area (Å²) in [6.07, 6.45) is 3.56. The van der Waals surface area contributed by atoms with Gasteiger partial charge < -0.3 is 5.11 Å². The van der Waals surface area contributed by atoms with E-state index < -0.39 is 8.07 Å². The number of benzene rings is 1. The van der Waals surface area contributed by atoms with E-state index in [2.05, 4.69) is 81.6 Å². The molecule has 0 fully saturated rings. The zero-order chi connectivity index (χ0) is 20.2. The largest absolute Gasteiger partial charge is 0.508 e. The van der Waals surface area contributed by atoms with Crippen LogP contribution in [0.25, 0.3) is 5.57 Å². The van der Waals surface area contributed by atoms with Crippen LogP contribution in [0.5, 0.6) is 5.75 Å². The van der Waals surface area contributed by atoms with Crippen molar-refractivity contribution < 1.29 is 9.90 Å². The van der Waals surface area contributed by atoms with Crippen LogP contribution in [0.1, 0.15) is 18.7 Å². The number of ketones is 1. The van der Waals surface area contributed by atoms with Gasteiger partial charge in [0.1, 0.15) is 13.8 Å². The number of thiophene rings is 1. The summed E-state index contributed by atoms with van der Waals surface area (Å²) in [5.41, 5.74) is 2.70. The Labute approximate surface area is 209 Å². The number of carbonyl (C=O) groups is 1. The number of hydrogen-bond donors (Lipinski definition) is 1. The summed E-state index contributed by atoms with van der Waals surface area (Å²) >= 11 is 8.78. The van der Waals surface area contributed by atoms with E-state index in [4.69, 9.17) is 4.99 Å². The Balaban J connectivity index is 2.13. The molecule has 144 valence electrons. The van der Waals surface area contributed by atoms with Gasteiger partial charge in [-0.05, 0) is 109 Å². The number of fused-ring (bicyclic) bond motifs is 2. The molecule has 1 N–H and O–H groups in total. The third-order valence-electron chi connectivity index (χ3n) is 5.55. The number of aromatic hydroxyl groups is 1. The molecule has 3 nitrogen and oxygen atoms in total. The first kappa shape index (κ1) is 21.2. The van der Waals surface area contributed by atoms with Crippen LogP contribution in [0.3, 0.4) is 0 Å². The molecule has 1 aromatic heterocycles. The second-order valence-corrected chi connectivity index (χ2v) is 16.4. The summed E-state index contributed by atoms with van der Waals surface area (Å²) < 4.78 is 3.57. The fourth-order valence-corrected chi connectivity index (χ4v) is 13.0. The monoisotopic (exact) mass is 743 g/mol. The Morgan fingerprint density at radius 3 is 2.43 bits per heavy atom. The zero-order valence-corrected chi connectivity index (χ0v) is 23.4. The van der Waals surface area contributed by atoms with Crippen molar-refractivity contribution >= 4 is 115 Å². The molecule has 0 bridgehead atoms. The standard InChI is InChI=1S/C20H16I3NO2SSi/c1-3-28(4-2)14-9-10(25)5-6-11(14)24-12-7-8-13(26)15(19(12)28)18-16(21)17(22)20(23)27-18/h5-9,25H,3-4H2,1-2H3. The highest BCUT2D eigenvalue weighted by Crippen LogP contribution is 2.45. The average molecular weight is 743 g/mol. The predicted octanol–water partition coefficient (Wildman–Crippen LogP) is 6.18. The molecule has 1 aromatic carbocycles. The molecule has 2 heterocycles. The third kappa shape index (κ3) is 3.12. The number of allylic oxidation sites excluding steroid dienone is 4. The minimum atomic E-state index is -2.25. The van der Waals surface area contributed by atoms with Crippen LogP contribution in [0.4, 0.5) is 5.69 Å². The third-order valence-corrected chi connectivity index (χ3v) is 18.0. The lowest BCUT2D eigenvalue weighted by Gasteiger charge is -2.39. The first-order valence-electron chi connectivity index (χ1n) is 8.87. The van der Waals surface area contributed by atoms with Crippen LogP contribution in [-0.2, 0) is 4.79 Å². The number of phenols is 1. The molecule has 0 saturated carbocycles. The van der Waals surface area contributed by atoms with Crippen molar-refractivity contribution in [3.8, 4) is 5.75 Å². The van der Waals surface area contributed by atoms with Gasteiger partial charge in [-0.2, -0.15) is 0 Å². The van der Waals surface area contributed by atoms with E-state index in [1.807, 2.05) is 18.2 Å². The number of phenolic OH excluding ortho intramolecular Hbond substituents is 1. The molecule has 28 heavy (non-hydrogen) atoms. The van der Waals surface area contributed by atoms with Gasteiger partial charge in [0.2, 0.25) is 0 Å². The van der Waals surface area contributed by atoms with Gasteiger partial charge in [-0.3, -0.25) is 4.79 Å². The number of carbonyl (C=O) groups excluding carboxylic acids is 1. The molecule has 0 spiro atoms. The molecule has 0 amide bonds. The molecule has 2 aromatic rings. The summed E-state index contributed by atoms with van der Waals surface area (Å²) in [7, 11) is -2.25. The quantitative estimate of drug-likeness (QED) is 0.232. The first-order valence-corrected chi connectivity index (χ1v) is 15.3. The zero-order valence-electron chi connectivity index (χ0n) is 15.1. The molecule has 0 saturated heterocycles. The molecule has 1 aliphatic heterocycles. The van der Waals surface area contributed by atoms with Crippen LogP contribution in [0.2, 0.25) is 12.1 Å². The van der Waals surface area contributed by atoms with Gasteiger partial charge in [0.15, 0.2) is 5.78 Å². The van der Waals surface area contributed by atoms with Crippen molar-refractivity contribution in [2.75, 3.05) is 0 Å². The van der Waals surface area contributed by atoms with Gasteiger partial charge >= 0.3 is 0 Å². The summed E-state index contributed by atoms with van der Waals surface area (Å²) in [4.78, 5) is 19.2. The smallest absolute Gasteiger partial charge is 0.187 e. The van der Waals surface area contributed by atoms with Gasteiger partial charge in [0, 0.05) is 9.14 Å². The molecule has 0 radical (unpaired) electrons. The lowest BCUT2D eigenvalue weighted by molar-refractivity contribution is -0.109. The van der Waals surface area contributed by atoms with E-state index >= 15 is 0 Å². The minimum absolute atomic E-state index is 0.0725. The van der Waals surface area contributed by atoms with Gasteiger partial charge in [-0.25, -0.2) is 4.99 Å². The summed E-state index contributed by atoms with van der Waals surface area (Å²) in [5, 5.41) is 12.5. The summed E-state index contributed by atoms with van der Waals surface area (Å²) in [5.74, 6) is 0.342. The lowest BCUT2D eigenvalue weighted by atomic mass is 10.0. The maximum absolute atomic E-state index is 13.2. The average Bonchev–Trinajstić information content (AvgIpc) is 2.94. The van der Waals surface area contributed by atoms with Crippen molar-refractivity contribution in [2.24, 2.45) is 4.99 Å². The van der Waals surface area contributed by atoms with E-state index in [-0.39, 0.29) is 11.5 Å². The molecular formula is C20H16I3NO2SSi. The van der Waals surface area contributed by atoms with Crippen LogP contribution in [0.15, 0.2) is 40.5 Å². The highest BCUT2D eigenvalue weighted by atomic mass is 127. The van der Waals surface area contributed by atoms with Gasteiger partial charge in [0.05, 0.1) is 22.7 Å². The molecule has 8 heteroatoms. The van der Waals surface area contributed by atoms with E-state index in [0.29, 0.717) is 0 Å². The summed E-state index contributed by atoms with van der Waals surface area (Å²) in [6, 6.07) is 7.43. The van der Waals surface area contributed by atoms with Crippen molar-refractivity contribution in [1.29, 1.82) is 0 Å². The summed E-state index contributed by atoms with van der Waals surface area (Å²) in [6.45, 7) is 4.43.